The van der Waals surface area contributed by atoms with Crippen LogP contribution < -0.4 is 0 Å². The second kappa shape index (κ2) is 5.63. The molecule has 0 aromatic rings. The monoisotopic (exact) mass is 340 g/mol. The van der Waals surface area contributed by atoms with Crippen LogP contribution in [-0.4, -0.2) is 11.6 Å². The summed E-state index contributed by atoms with van der Waals surface area (Å²) in [6.45, 7) is 6.37. The van der Waals surface area contributed by atoms with Gasteiger partial charge in [0.15, 0.2) is 5.60 Å². The van der Waals surface area contributed by atoms with Crippen LogP contribution in [0.1, 0.15) is 72.1 Å². The summed E-state index contributed by atoms with van der Waals surface area (Å²) in [7, 11) is 0. The van der Waals surface area contributed by atoms with E-state index in [1.54, 1.807) is 0 Å². The molecule has 0 bridgehead atoms. The Labute approximate surface area is 152 Å². The molecule has 0 aromatic carbocycles. The van der Waals surface area contributed by atoms with E-state index in [9.17, 15) is 4.79 Å². The van der Waals surface area contributed by atoms with Crippen molar-refractivity contribution in [1.29, 1.82) is 0 Å². The maximum Gasteiger partial charge on any atom is 0.304 e. The van der Waals surface area contributed by atoms with Gasteiger partial charge in [-0.2, -0.15) is 0 Å². The molecule has 136 valence electrons. The highest BCUT2D eigenvalue weighted by Crippen LogP contribution is 2.68. The fraction of sp³-hybridized carbons (Fsp3) is 0.783. The summed E-state index contributed by atoms with van der Waals surface area (Å²) >= 11 is 0. The Morgan fingerprint density at radius 2 is 1.88 bits per heavy atom. The van der Waals surface area contributed by atoms with Crippen molar-refractivity contribution >= 4 is 5.97 Å². The van der Waals surface area contributed by atoms with E-state index in [4.69, 9.17) is 11.2 Å². The minimum atomic E-state index is -0.682. The summed E-state index contributed by atoms with van der Waals surface area (Å²) < 4.78 is 5.85. The average molecular weight is 341 g/mol. The predicted molar refractivity (Wildman–Crippen MR) is 99.6 cm³/mol. The largest absolute Gasteiger partial charge is 0.445 e. The molecule has 0 heterocycles. The normalized spacial score (nSPS) is 51.0. The van der Waals surface area contributed by atoms with Crippen LogP contribution in [0, 0.1) is 46.8 Å². The second-order valence-corrected chi connectivity index (χ2v) is 9.63. The zero-order valence-corrected chi connectivity index (χ0v) is 16.0. The molecular weight excluding hydrogens is 308 g/mol. The van der Waals surface area contributed by atoms with E-state index in [1.807, 2.05) is 0 Å². The highest BCUT2D eigenvalue weighted by Gasteiger charge is 2.65. The topological polar surface area (TPSA) is 26.3 Å². The SMILES string of the molecule is C#CC1(OC(C)=O)CC[C@H]2[C@@H]3CCC4CC=CC[C@]4(C)[C@@H]3CC[C@@]21C. The molecule has 4 aliphatic rings. The number of fused-ring (bicyclic) bond motifs is 5. The summed E-state index contributed by atoms with van der Waals surface area (Å²) in [4.78, 5) is 11.8. The molecule has 3 fully saturated rings. The van der Waals surface area contributed by atoms with Crippen molar-refractivity contribution in [2.24, 2.45) is 34.5 Å². The lowest BCUT2D eigenvalue weighted by Gasteiger charge is -2.60. The molecule has 0 saturated heterocycles. The standard InChI is InChI=1S/C23H32O2/c1-5-23(25-16(2)24)15-12-20-18-10-9-17-8-6-7-13-21(17,3)19(18)11-14-22(20,23)4/h1,6-7,17-20H,8-15H2,2-4H3/t17?,18-,19-,20+,21+,22+,23?/m1/s1. The first-order chi connectivity index (χ1) is 11.9. The first-order valence-electron chi connectivity index (χ1n) is 10.2. The van der Waals surface area contributed by atoms with Gasteiger partial charge in [0, 0.05) is 12.3 Å². The van der Waals surface area contributed by atoms with Crippen LogP contribution in [0.2, 0.25) is 0 Å². The second-order valence-electron chi connectivity index (χ2n) is 9.63. The van der Waals surface area contributed by atoms with Gasteiger partial charge in [0.05, 0.1) is 0 Å². The number of ether oxygens (including phenoxy) is 1. The van der Waals surface area contributed by atoms with Crippen molar-refractivity contribution in [2.75, 3.05) is 0 Å². The van der Waals surface area contributed by atoms with Crippen molar-refractivity contribution in [3.8, 4) is 12.3 Å². The van der Waals surface area contributed by atoms with Gasteiger partial charge >= 0.3 is 5.97 Å². The zero-order chi connectivity index (χ0) is 17.9. The van der Waals surface area contributed by atoms with Crippen molar-refractivity contribution in [2.45, 2.75) is 77.7 Å². The van der Waals surface area contributed by atoms with Gasteiger partial charge in [-0.05, 0) is 80.5 Å². The van der Waals surface area contributed by atoms with Gasteiger partial charge in [-0.1, -0.05) is 31.9 Å². The number of hydrogen-bond donors (Lipinski definition) is 0. The number of carbonyl (C=O) groups is 1. The van der Waals surface area contributed by atoms with E-state index in [0.717, 1.165) is 37.0 Å². The highest BCUT2D eigenvalue weighted by atomic mass is 16.6. The summed E-state index contributed by atoms with van der Waals surface area (Å²) in [6.07, 6.45) is 20.3. The Balaban J connectivity index is 1.67. The Hall–Kier alpha value is -1.23. The molecule has 0 N–H and O–H groups in total. The molecule has 0 amide bonds. The van der Waals surface area contributed by atoms with E-state index in [1.165, 1.54) is 39.0 Å². The first kappa shape index (κ1) is 17.2. The first-order valence-corrected chi connectivity index (χ1v) is 10.2. The van der Waals surface area contributed by atoms with Crippen molar-refractivity contribution < 1.29 is 9.53 Å². The Kier molecular flexibility index (Phi) is 3.87. The van der Waals surface area contributed by atoms with Gasteiger partial charge in [0.2, 0.25) is 0 Å². The molecular formula is C23H32O2. The molecule has 0 aromatic heterocycles. The number of rotatable bonds is 1. The third kappa shape index (κ3) is 2.20. The molecule has 0 aliphatic heterocycles. The number of allylic oxidation sites excluding steroid dienone is 2. The summed E-state index contributed by atoms with van der Waals surface area (Å²) in [5.41, 5.74) is -0.275. The molecule has 0 radical (unpaired) electrons. The maximum atomic E-state index is 11.8. The minimum absolute atomic E-state index is 0.0533. The van der Waals surface area contributed by atoms with Gasteiger partial charge in [-0.3, -0.25) is 4.79 Å². The van der Waals surface area contributed by atoms with Gasteiger partial charge in [-0.25, -0.2) is 0 Å². The number of terminal acetylenes is 1. The lowest BCUT2D eigenvalue weighted by molar-refractivity contribution is -0.172. The van der Waals surface area contributed by atoms with Crippen LogP contribution in [-0.2, 0) is 9.53 Å². The smallest absolute Gasteiger partial charge is 0.304 e. The molecule has 2 heteroatoms. The lowest BCUT2D eigenvalue weighted by Crippen LogP contribution is -2.56. The summed E-state index contributed by atoms with van der Waals surface area (Å²) in [5.74, 6) is 5.74. The third-order valence-electron chi connectivity index (χ3n) is 8.88. The van der Waals surface area contributed by atoms with Crippen LogP contribution in [0.15, 0.2) is 12.2 Å². The number of esters is 1. The van der Waals surface area contributed by atoms with Gasteiger partial charge in [0.1, 0.15) is 0 Å². The molecule has 0 spiro atoms. The van der Waals surface area contributed by atoms with Gasteiger partial charge in [0.25, 0.3) is 0 Å². The average Bonchev–Trinajstić information content (AvgIpc) is 2.87. The van der Waals surface area contributed by atoms with Crippen LogP contribution in [0.4, 0.5) is 0 Å². The number of hydrogen-bond acceptors (Lipinski definition) is 2. The van der Waals surface area contributed by atoms with Crippen molar-refractivity contribution in [3.05, 3.63) is 12.2 Å². The molecule has 4 rings (SSSR count). The molecule has 7 atom stereocenters. The fourth-order valence-electron chi connectivity index (χ4n) is 7.52. The quantitative estimate of drug-likeness (QED) is 0.376. The van der Waals surface area contributed by atoms with Gasteiger partial charge < -0.3 is 4.74 Å². The van der Waals surface area contributed by atoms with Crippen molar-refractivity contribution in [1.82, 2.24) is 0 Å². The van der Waals surface area contributed by atoms with Crippen LogP contribution in [0.25, 0.3) is 0 Å². The zero-order valence-electron chi connectivity index (χ0n) is 16.0. The maximum absolute atomic E-state index is 11.8. The molecule has 3 saturated carbocycles. The van der Waals surface area contributed by atoms with Crippen LogP contribution >= 0.6 is 0 Å². The molecule has 2 nitrogen and oxygen atoms in total. The summed E-state index contributed by atoms with van der Waals surface area (Å²) in [5, 5.41) is 0. The molecule has 2 unspecified atom stereocenters. The summed E-state index contributed by atoms with van der Waals surface area (Å²) in [6, 6.07) is 0. The van der Waals surface area contributed by atoms with Crippen molar-refractivity contribution in [3.63, 3.8) is 0 Å². The third-order valence-corrected chi connectivity index (χ3v) is 8.88. The Morgan fingerprint density at radius 3 is 2.60 bits per heavy atom. The molecule has 25 heavy (non-hydrogen) atoms. The van der Waals surface area contributed by atoms with Gasteiger partial charge in [-0.15, -0.1) is 6.42 Å². The van der Waals surface area contributed by atoms with E-state index >= 15 is 0 Å². The molecule has 4 aliphatic carbocycles. The Bertz CT molecular complexity index is 643. The van der Waals surface area contributed by atoms with Crippen LogP contribution in [0.5, 0.6) is 0 Å². The van der Waals surface area contributed by atoms with Crippen LogP contribution in [0.3, 0.4) is 0 Å². The van der Waals surface area contributed by atoms with E-state index in [0.29, 0.717) is 11.3 Å². The Morgan fingerprint density at radius 1 is 1.12 bits per heavy atom. The van der Waals surface area contributed by atoms with E-state index in [-0.39, 0.29) is 11.4 Å². The highest BCUT2D eigenvalue weighted by molar-refractivity contribution is 5.67. The van der Waals surface area contributed by atoms with E-state index < -0.39 is 5.60 Å². The lowest BCUT2D eigenvalue weighted by atomic mass is 9.45. The van der Waals surface area contributed by atoms with E-state index in [2.05, 4.69) is 31.9 Å². The predicted octanol–water partition coefficient (Wildman–Crippen LogP) is 5.13. The number of carbonyl (C=O) groups excluding carboxylic acids is 1. The minimum Gasteiger partial charge on any atom is -0.445 e. The fourth-order valence-corrected chi connectivity index (χ4v) is 7.52.